The first-order chi connectivity index (χ1) is 30.5. The lowest BCUT2D eigenvalue weighted by Gasteiger charge is -2.48. The third-order valence-electron chi connectivity index (χ3n) is 15.3. The minimum atomic E-state index is -1.82. The van der Waals surface area contributed by atoms with Crippen molar-refractivity contribution in [1.29, 1.82) is 0 Å². The number of carbonyl (C=O) groups is 1. The summed E-state index contributed by atoms with van der Waals surface area (Å²) in [5.74, 6) is -2.41. The second-order valence-corrected chi connectivity index (χ2v) is 19.7. The monoisotopic (exact) mass is 900 g/mol. The van der Waals surface area contributed by atoms with Crippen LogP contribution >= 0.6 is 0 Å². The van der Waals surface area contributed by atoms with E-state index in [4.69, 9.17) is 47.5 Å². The fourth-order valence-corrected chi connectivity index (χ4v) is 11.4. The Hall–Kier alpha value is -2.31. The number of fused-ring (bicyclic) bond motifs is 2. The van der Waals surface area contributed by atoms with Gasteiger partial charge in [0.15, 0.2) is 12.1 Å². The first-order valence-corrected chi connectivity index (χ1v) is 23.9. The lowest BCUT2D eigenvalue weighted by molar-refractivity contribution is -0.300. The van der Waals surface area contributed by atoms with Crippen molar-refractivity contribution in [3.63, 3.8) is 0 Å². The highest BCUT2D eigenvalue weighted by Crippen LogP contribution is 2.47. The Bertz CT molecular complexity index is 1770. The van der Waals surface area contributed by atoms with Gasteiger partial charge in [-0.25, -0.2) is 5.48 Å². The first-order valence-electron chi connectivity index (χ1n) is 23.9. The molecule has 14 heteroatoms. The minimum Gasteiger partial charge on any atom is -0.462 e. The van der Waals surface area contributed by atoms with Crippen LogP contribution in [0.25, 0.3) is 0 Å². The van der Waals surface area contributed by atoms with Gasteiger partial charge in [0.2, 0.25) is 0 Å². The topological polar surface area (TPSA) is 162 Å². The molecule has 2 bridgehead atoms. The van der Waals surface area contributed by atoms with Crippen molar-refractivity contribution in [1.82, 2.24) is 5.48 Å². The molecule has 4 fully saturated rings. The van der Waals surface area contributed by atoms with E-state index in [9.17, 15) is 15.0 Å². The third kappa shape index (κ3) is 10.2. The molecule has 64 heavy (non-hydrogen) atoms. The second kappa shape index (κ2) is 20.9. The van der Waals surface area contributed by atoms with Crippen LogP contribution in [0.2, 0.25) is 0 Å². The molecular weight excluding hydrogens is 823 g/mol. The van der Waals surface area contributed by atoms with Crippen LogP contribution in [0.4, 0.5) is 0 Å². The van der Waals surface area contributed by atoms with Crippen molar-refractivity contribution < 1.29 is 62.5 Å². The van der Waals surface area contributed by atoms with Crippen molar-refractivity contribution >= 4 is 5.97 Å². The molecule has 0 saturated carbocycles. The number of methoxy groups -OCH3 is 2. The van der Waals surface area contributed by atoms with Gasteiger partial charge in [0.1, 0.15) is 35.9 Å². The zero-order chi connectivity index (χ0) is 46.1. The number of hydrogen-bond donors (Lipinski definition) is 3. The van der Waals surface area contributed by atoms with Crippen LogP contribution in [-0.2, 0) is 52.3 Å². The molecule has 0 amide bonds. The minimum absolute atomic E-state index is 0.0472. The molecule has 1 spiro atoms. The molecule has 20 atom stereocenters. The Morgan fingerprint density at radius 3 is 2.44 bits per heavy atom. The summed E-state index contributed by atoms with van der Waals surface area (Å²) in [5.41, 5.74) is 3.02. The summed E-state index contributed by atoms with van der Waals surface area (Å²) in [6.45, 7) is 16.6. The maximum atomic E-state index is 14.4. The molecule has 360 valence electrons. The van der Waals surface area contributed by atoms with Gasteiger partial charge in [-0.2, -0.15) is 0 Å². The van der Waals surface area contributed by atoms with E-state index >= 15 is 0 Å². The quantitative estimate of drug-likeness (QED) is 0.129. The predicted molar refractivity (Wildman–Crippen MR) is 238 cm³/mol. The van der Waals surface area contributed by atoms with E-state index in [0.29, 0.717) is 43.3 Å². The number of nitrogens with one attached hydrogen (secondary N) is 1. The standard InChI is InChI=1S/C50H77NO13/c1-12-27(2)45-30(5)18-19-49(63-45)25-37-21-35(62-49)17-16-29(4)44(28(3)14-13-15-34-26-57-47-43(52)31(6)20-39(48(53)60-37)50(34,47)54)61-42-24-40(55-10)38(32(7)59-42)22-36-23-41(56-11)46(64-51-9)33(8)58-36/h13-16,18-20,27-28,30,32-33,35-47,51-52,54H,12,17,21-26H2,1-11H3/b14-13+,29-16+,34-15+/t27-,28-,30?,32-,33-,35+,36-,37-,38-,39-,40-,41-,42-,43+,44-,45+,46+,47+,49+,50+/m0/s1. The first kappa shape index (κ1) is 49.6. The third-order valence-corrected chi connectivity index (χ3v) is 15.3. The van der Waals surface area contributed by atoms with Crippen LogP contribution in [0.1, 0.15) is 100 Å². The number of hydroxylamine groups is 1. The van der Waals surface area contributed by atoms with E-state index in [1.165, 1.54) is 0 Å². The lowest BCUT2D eigenvalue weighted by Crippen LogP contribution is -2.58. The van der Waals surface area contributed by atoms with Gasteiger partial charge in [0, 0.05) is 64.7 Å². The number of ether oxygens (including phenoxy) is 9. The van der Waals surface area contributed by atoms with E-state index in [2.05, 4.69) is 59.2 Å². The zero-order valence-electron chi connectivity index (χ0n) is 40.0. The van der Waals surface area contributed by atoms with E-state index in [1.54, 1.807) is 40.3 Å². The van der Waals surface area contributed by atoms with Crippen molar-refractivity contribution in [2.24, 2.45) is 29.6 Å². The van der Waals surface area contributed by atoms with Crippen molar-refractivity contribution in [3.05, 3.63) is 59.3 Å². The van der Waals surface area contributed by atoms with Crippen LogP contribution in [0.5, 0.6) is 0 Å². The van der Waals surface area contributed by atoms with E-state index in [-0.39, 0.29) is 79.1 Å². The van der Waals surface area contributed by atoms with Crippen molar-refractivity contribution in [2.75, 3.05) is 27.9 Å². The predicted octanol–water partition coefficient (Wildman–Crippen LogP) is 6.20. The fourth-order valence-electron chi connectivity index (χ4n) is 11.4. The van der Waals surface area contributed by atoms with Crippen molar-refractivity contribution in [2.45, 2.75) is 191 Å². The molecule has 0 radical (unpaired) electrons. The van der Waals surface area contributed by atoms with Gasteiger partial charge in [0.05, 0.1) is 55.4 Å². The molecule has 14 nitrogen and oxygen atoms in total. The molecule has 3 N–H and O–H groups in total. The number of hydrogen-bond acceptors (Lipinski definition) is 14. The summed E-state index contributed by atoms with van der Waals surface area (Å²) in [4.78, 5) is 20.1. The molecule has 6 aliphatic heterocycles. The Kier molecular flexibility index (Phi) is 16.2. The molecule has 1 unspecified atom stereocenters. The molecule has 4 saturated heterocycles. The molecule has 6 heterocycles. The average Bonchev–Trinajstić information content (AvgIpc) is 3.61. The molecule has 0 aromatic rings. The lowest BCUT2D eigenvalue weighted by atomic mass is 9.71. The highest BCUT2D eigenvalue weighted by Gasteiger charge is 2.60. The maximum absolute atomic E-state index is 14.4. The SMILES string of the molecule is CC[C@H](C)[C@H]1O[C@]2(C=CC1C)C[C@@H]1C[C@@H](C/C=C(\C)[C@@H](O[C@H]3C[C@H](OC)[C@@H](C[C@H]4C[C@H](OC)[C@H](ONC)[C@H](C)O4)[C@H](C)O3)[C@@H](C)/C=C/C=C3\CO[C@@H]4[C@H](O)C(C)=C[C@@H](C(=O)O1)[C@]34O)O2. The van der Waals surface area contributed by atoms with Gasteiger partial charge in [-0.15, -0.1) is 0 Å². The molecule has 1 aliphatic carbocycles. The number of allylic oxidation sites excluding steroid dienone is 2. The van der Waals surface area contributed by atoms with Gasteiger partial charge >= 0.3 is 5.97 Å². The van der Waals surface area contributed by atoms with Gasteiger partial charge in [-0.05, 0) is 69.2 Å². The van der Waals surface area contributed by atoms with E-state index < -0.39 is 54.0 Å². The van der Waals surface area contributed by atoms with Gasteiger partial charge in [0.25, 0.3) is 0 Å². The van der Waals surface area contributed by atoms with Gasteiger partial charge < -0.3 is 52.8 Å². The maximum Gasteiger partial charge on any atom is 0.316 e. The Morgan fingerprint density at radius 1 is 0.953 bits per heavy atom. The van der Waals surface area contributed by atoms with Crippen LogP contribution in [-0.4, -0.2) is 135 Å². The fraction of sp³-hybridized carbons (Fsp3) is 0.780. The number of aliphatic hydroxyl groups excluding tert-OH is 1. The zero-order valence-corrected chi connectivity index (χ0v) is 40.0. The normalized spacial score (nSPS) is 48.0. The highest BCUT2D eigenvalue weighted by molar-refractivity contribution is 5.78. The summed E-state index contributed by atoms with van der Waals surface area (Å²) in [6.07, 6.45) is 12.8. The largest absolute Gasteiger partial charge is 0.462 e. The molecule has 0 aromatic heterocycles. The summed E-state index contributed by atoms with van der Waals surface area (Å²) in [7, 11) is 5.21. The summed E-state index contributed by atoms with van der Waals surface area (Å²) < 4.78 is 58.5. The number of carbonyl (C=O) groups excluding carboxylic acids is 1. The number of aliphatic hydroxyl groups is 2. The van der Waals surface area contributed by atoms with Crippen LogP contribution in [0.3, 0.4) is 0 Å². The Morgan fingerprint density at radius 2 is 1.72 bits per heavy atom. The molecular formula is C50H77NO13. The highest BCUT2D eigenvalue weighted by atomic mass is 16.7. The van der Waals surface area contributed by atoms with Gasteiger partial charge in [-0.3, -0.25) is 9.63 Å². The Labute approximate surface area is 381 Å². The van der Waals surface area contributed by atoms with E-state index in [1.807, 2.05) is 25.2 Å². The number of rotatable bonds is 10. The van der Waals surface area contributed by atoms with Gasteiger partial charge in [-0.1, -0.05) is 70.6 Å². The molecule has 0 aromatic carbocycles. The smallest absolute Gasteiger partial charge is 0.316 e. The molecule has 7 rings (SSSR count). The molecule has 7 aliphatic rings. The summed E-state index contributed by atoms with van der Waals surface area (Å²) in [6, 6.07) is 0. The summed E-state index contributed by atoms with van der Waals surface area (Å²) >= 11 is 0. The van der Waals surface area contributed by atoms with Crippen molar-refractivity contribution in [3.8, 4) is 0 Å². The van der Waals surface area contributed by atoms with Crippen LogP contribution in [0, 0.1) is 29.6 Å². The van der Waals surface area contributed by atoms with Crippen LogP contribution < -0.4 is 5.48 Å². The average molecular weight is 900 g/mol. The second-order valence-electron chi connectivity index (χ2n) is 19.7. The summed E-state index contributed by atoms with van der Waals surface area (Å²) in [5, 5.41) is 23.8. The number of esters is 1. The van der Waals surface area contributed by atoms with Crippen LogP contribution in [0.15, 0.2) is 59.3 Å². The Balaban J connectivity index is 1.17. The van der Waals surface area contributed by atoms with E-state index in [0.717, 1.165) is 18.4 Å².